The van der Waals surface area contributed by atoms with Crippen LogP contribution in [0.4, 0.5) is 5.13 Å². The van der Waals surface area contributed by atoms with Gasteiger partial charge in [0.05, 0.1) is 29.3 Å². The zero-order valence-corrected chi connectivity index (χ0v) is 19.2. The molecule has 33 heavy (non-hydrogen) atoms. The number of fused-ring (bicyclic) bond motifs is 2. The van der Waals surface area contributed by atoms with E-state index in [9.17, 15) is 14.4 Å². The van der Waals surface area contributed by atoms with E-state index in [0.29, 0.717) is 32.1 Å². The summed E-state index contributed by atoms with van der Waals surface area (Å²) in [5.74, 6) is -1.07. The van der Waals surface area contributed by atoms with Gasteiger partial charge in [0, 0.05) is 5.02 Å². The van der Waals surface area contributed by atoms with Crippen LogP contribution in [-0.4, -0.2) is 23.5 Å². The maximum atomic E-state index is 13.6. The van der Waals surface area contributed by atoms with Crippen LogP contribution in [0.3, 0.4) is 0 Å². The van der Waals surface area contributed by atoms with Crippen LogP contribution in [0.1, 0.15) is 50.0 Å². The van der Waals surface area contributed by atoms with E-state index >= 15 is 0 Å². The van der Waals surface area contributed by atoms with Crippen molar-refractivity contribution >= 4 is 50.9 Å². The molecule has 0 radical (unpaired) electrons. The second kappa shape index (κ2) is 8.13. The number of hydrogen-bond acceptors (Lipinski definition) is 7. The number of halogens is 1. The summed E-state index contributed by atoms with van der Waals surface area (Å²) in [6.07, 6.45) is 0. The van der Waals surface area contributed by atoms with Gasteiger partial charge in [-0.3, -0.25) is 14.5 Å². The quantitative estimate of drug-likeness (QED) is 0.376. The highest BCUT2D eigenvalue weighted by atomic mass is 35.5. The fourth-order valence-electron chi connectivity index (χ4n) is 3.98. The summed E-state index contributed by atoms with van der Waals surface area (Å²) in [6, 6.07) is 12.9. The zero-order chi connectivity index (χ0) is 23.3. The monoisotopic (exact) mass is 480 g/mol. The Bertz CT molecular complexity index is 1490. The van der Waals surface area contributed by atoms with Gasteiger partial charge >= 0.3 is 5.97 Å². The lowest BCUT2D eigenvalue weighted by Crippen LogP contribution is -2.29. The van der Waals surface area contributed by atoms with Gasteiger partial charge in [-0.05, 0) is 43.7 Å². The van der Waals surface area contributed by atoms with Gasteiger partial charge in [0.2, 0.25) is 5.76 Å². The van der Waals surface area contributed by atoms with Crippen molar-refractivity contribution < 1.29 is 18.7 Å². The number of aromatic nitrogens is 1. The van der Waals surface area contributed by atoms with E-state index in [1.165, 1.54) is 4.90 Å². The van der Waals surface area contributed by atoms with Crippen molar-refractivity contribution in [2.24, 2.45) is 0 Å². The summed E-state index contributed by atoms with van der Waals surface area (Å²) in [7, 11) is 0. The first-order chi connectivity index (χ1) is 15.9. The van der Waals surface area contributed by atoms with Crippen LogP contribution < -0.4 is 10.3 Å². The smallest absolute Gasteiger partial charge is 0.350 e. The van der Waals surface area contributed by atoms with Crippen LogP contribution in [0, 0.1) is 6.92 Å². The first-order valence-electron chi connectivity index (χ1n) is 10.2. The summed E-state index contributed by atoms with van der Waals surface area (Å²) in [4.78, 5) is 45.6. The second-order valence-corrected chi connectivity index (χ2v) is 8.85. The molecule has 0 unspecified atom stereocenters. The molecule has 1 aliphatic heterocycles. The summed E-state index contributed by atoms with van der Waals surface area (Å²) in [6.45, 7) is 3.61. The normalized spacial score (nSPS) is 15.2. The molecule has 0 saturated heterocycles. The second-order valence-electron chi connectivity index (χ2n) is 7.43. The number of nitrogens with zero attached hydrogens (tertiary/aromatic N) is 2. The molecule has 2 aromatic heterocycles. The SMILES string of the molecule is CCOC(=O)c1sc(N2C(=O)c3oc4ccccc4c(=O)c3[C@@H]2c2cccc(Cl)c2)nc1C. The molecule has 2 aromatic carbocycles. The predicted molar refractivity (Wildman–Crippen MR) is 125 cm³/mol. The molecule has 0 bridgehead atoms. The van der Waals surface area contributed by atoms with Crippen LogP contribution in [0.2, 0.25) is 5.02 Å². The molecular formula is C24H17ClN2O5S. The Balaban J connectivity index is 1.75. The first-order valence-corrected chi connectivity index (χ1v) is 11.4. The lowest BCUT2D eigenvalue weighted by atomic mass is 9.99. The van der Waals surface area contributed by atoms with Crippen molar-refractivity contribution in [3.63, 3.8) is 0 Å². The minimum Gasteiger partial charge on any atom is -0.462 e. The Hall–Kier alpha value is -3.49. The Morgan fingerprint density at radius 1 is 1.21 bits per heavy atom. The molecule has 0 spiro atoms. The first kappa shape index (κ1) is 21.4. The number of para-hydroxylation sites is 1. The van der Waals surface area contributed by atoms with Gasteiger partial charge < -0.3 is 9.15 Å². The summed E-state index contributed by atoms with van der Waals surface area (Å²) >= 11 is 7.28. The molecular weight excluding hydrogens is 464 g/mol. The molecule has 0 N–H and O–H groups in total. The number of carbonyl (C=O) groups is 2. The molecule has 1 atom stereocenters. The van der Waals surface area contributed by atoms with Crippen LogP contribution in [0.25, 0.3) is 11.0 Å². The molecule has 4 aromatic rings. The fraction of sp³-hybridized carbons (Fsp3) is 0.167. The highest BCUT2D eigenvalue weighted by Gasteiger charge is 2.45. The summed E-state index contributed by atoms with van der Waals surface area (Å²) < 4.78 is 11.0. The topological polar surface area (TPSA) is 89.7 Å². The molecule has 0 saturated carbocycles. The number of aryl methyl sites for hydroxylation is 1. The highest BCUT2D eigenvalue weighted by Crippen LogP contribution is 2.43. The highest BCUT2D eigenvalue weighted by molar-refractivity contribution is 7.17. The summed E-state index contributed by atoms with van der Waals surface area (Å²) in [5, 5.41) is 1.10. The summed E-state index contributed by atoms with van der Waals surface area (Å²) in [5.41, 5.74) is 1.30. The third kappa shape index (κ3) is 3.42. The molecule has 1 aliphatic rings. The number of anilines is 1. The van der Waals surface area contributed by atoms with Crippen LogP contribution in [-0.2, 0) is 4.74 Å². The zero-order valence-electron chi connectivity index (χ0n) is 17.6. The van der Waals surface area contributed by atoms with Crippen molar-refractivity contribution in [1.82, 2.24) is 4.98 Å². The molecule has 0 fully saturated rings. The van der Waals surface area contributed by atoms with Gasteiger partial charge in [-0.2, -0.15) is 0 Å². The number of carbonyl (C=O) groups excluding carboxylic acids is 2. The third-order valence-electron chi connectivity index (χ3n) is 5.39. The van der Waals surface area contributed by atoms with Crippen LogP contribution in [0.15, 0.2) is 57.7 Å². The third-order valence-corrected chi connectivity index (χ3v) is 6.77. The Morgan fingerprint density at radius 3 is 2.76 bits per heavy atom. The minimum absolute atomic E-state index is 0.0470. The maximum Gasteiger partial charge on any atom is 0.350 e. The van der Waals surface area contributed by atoms with E-state index < -0.39 is 17.9 Å². The number of rotatable bonds is 4. The largest absolute Gasteiger partial charge is 0.462 e. The average Bonchev–Trinajstić information content (AvgIpc) is 3.32. The molecule has 166 valence electrons. The number of thiazole rings is 1. The van der Waals surface area contributed by atoms with Crippen molar-refractivity contribution in [1.29, 1.82) is 0 Å². The Morgan fingerprint density at radius 2 is 2.00 bits per heavy atom. The predicted octanol–water partition coefficient (Wildman–Crippen LogP) is 5.14. The van der Waals surface area contributed by atoms with Gasteiger partial charge in [0.25, 0.3) is 5.91 Å². The molecule has 1 amide bonds. The van der Waals surface area contributed by atoms with E-state index in [1.807, 2.05) is 0 Å². The van der Waals surface area contributed by atoms with Gasteiger partial charge in [-0.25, -0.2) is 9.78 Å². The van der Waals surface area contributed by atoms with Gasteiger partial charge in [0.1, 0.15) is 10.5 Å². The Labute approximate surface area is 197 Å². The van der Waals surface area contributed by atoms with E-state index in [1.54, 1.807) is 62.4 Å². The maximum absolute atomic E-state index is 13.6. The number of ether oxygens (including phenoxy) is 1. The van der Waals surface area contributed by atoms with E-state index in [0.717, 1.165) is 11.3 Å². The van der Waals surface area contributed by atoms with Gasteiger partial charge in [0.15, 0.2) is 10.6 Å². The van der Waals surface area contributed by atoms with E-state index in [4.69, 9.17) is 20.8 Å². The standard InChI is InChI=1S/C24H17ClN2O5S/c1-3-31-23(30)21-12(2)26-24(33-21)27-18(13-7-6-8-14(25)11-13)17-19(28)15-9-4-5-10-16(15)32-20(17)22(27)29/h4-11,18H,3H2,1-2H3/t18-/m0/s1. The number of amides is 1. The molecule has 7 nitrogen and oxygen atoms in total. The minimum atomic E-state index is -0.812. The molecule has 3 heterocycles. The fourth-order valence-corrected chi connectivity index (χ4v) is 5.17. The number of hydrogen-bond donors (Lipinski definition) is 0. The van der Waals surface area contributed by atoms with Crippen molar-refractivity contribution in [3.8, 4) is 0 Å². The number of benzene rings is 2. The van der Waals surface area contributed by atoms with Crippen LogP contribution in [0.5, 0.6) is 0 Å². The van der Waals surface area contributed by atoms with Gasteiger partial charge in [-0.15, -0.1) is 0 Å². The average molecular weight is 481 g/mol. The van der Waals surface area contributed by atoms with E-state index in [-0.39, 0.29) is 28.5 Å². The molecule has 5 rings (SSSR count). The van der Waals surface area contributed by atoms with Crippen molar-refractivity contribution in [2.45, 2.75) is 19.9 Å². The number of esters is 1. The van der Waals surface area contributed by atoms with Gasteiger partial charge in [-0.1, -0.05) is 47.2 Å². The molecule has 9 heteroatoms. The lowest BCUT2D eigenvalue weighted by Gasteiger charge is -2.22. The molecule has 0 aliphatic carbocycles. The van der Waals surface area contributed by atoms with E-state index in [2.05, 4.69) is 4.98 Å². The lowest BCUT2D eigenvalue weighted by molar-refractivity contribution is 0.0531. The van der Waals surface area contributed by atoms with Crippen LogP contribution >= 0.6 is 22.9 Å². The van der Waals surface area contributed by atoms with Crippen molar-refractivity contribution in [2.75, 3.05) is 11.5 Å². The van der Waals surface area contributed by atoms with Crippen molar-refractivity contribution in [3.05, 3.63) is 91.2 Å². The Kier molecular flexibility index (Phi) is 5.26.